The minimum absolute atomic E-state index is 0.0271. The third-order valence-corrected chi connectivity index (χ3v) is 6.33. The van der Waals surface area contributed by atoms with Crippen molar-refractivity contribution < 1.29 is 13.5 Å². The predicted molar refractivity (Wildman–Crippen MR) is 90.4 cm³/mol. The highest BCUT2D eigenvalue weighted by molar-refractivity contribution is 7.89. The van der Waals surface area contributed by atoms with E-state index in [1.165, 1.54) is 10.4 Å². The molecular weight excluding hydrogens is 330 g/mol. The molecule has 0 atom stereocenters. The minimum Gasteiger partial charge on any atom is -0.395 e. The molecule has 3 N–H and O–H groups in total. The van der Waals surface area contributed by atoms with Gasteiger partial charge >= 0.3 is 0 Å². The van der Waals surface area contributed by atoms with Crippen LogP contribution in [0.2, 0.25) is 0 Å². The first-order valence-corrected chi connectivity index (χ1v) is 9.22. The zero-order valence-electron chi connectivity index (χ0n) is 12.8. The van der Waals surface area contributed by atoms with Gasteiger partial charge < -0.3 is 15.1 Å². The molecule has 0 aliphatic heterocycles. The van der Waals surface area contributed by atoms with Crippen molar-refractivity contribution in [3.63, 3.8) is 0 Å². The SMILES string of the molecule is O=c1[nH]c2ccc(S(=O)(=O)N(CCO)C3CC3)cc2c2cc[nH]c12. The summed E-state index contributed by atoms with van der Waals surface area (Å²) >= 11 is 0. The van der Waals surface area contributed by atoms with Crippen LogP contribution in [0.1, 0.15) is 12.8 Å². The molecule has 0 saturated heterocycles. The standard InChI is InChI=1S/C16H17N3O4S/c20-8-7-19(10-1-2-10)24(22,23)11-3-4-14-13(9-11)12-5-6-17-15(12)16(21)18-14/h3-6,9-10,17,20H,1-2,7-8H2,(H,18,21). The van der Waals surface area contributed by atoms with Crippen LogP contribution in [-0.4, -0.2) is 47.0 Å². The second kappa shape index (κ2) is 5.44. The third-order valence-electron chi connectivity index (χ3n) is 4.38. The van der Waals surface area contributed by atoms with Crippen LogP contribution in [0.25, 0.3) is 21.8 Å². The summed E-state index contributed by atoms with van der Waals surface area (Å²) in [6.45, 7) is -0.116. The number of aromatic nitrogens is 2. The molecule has 0 unspecified atom stereocenters. The van der Waals surface area contributed by atoms with Crippen LogP contribution >= 0.6 is 0 Å². The average Bonchev–Trinajstić information content (AvgIpc) is 3.26. The average molecular weight is 347 g/mol. The van der Waals surface area contributed by atoms with Gasteiger partial charge in [0.2, 0.25) is 10.0 Å². The lowest BCUT2D eigenvalue weighted by molar-refractivity contribution is 0.250. The number of nitrogens with zero attached hydrogens (tertiary/aromatic N) is 1. The number of benzene rings is 1. The van der Waals surface area contributed by atoms with Crippen molar-refractivity contribution in [2.45, 2.75) is 23.8 Å². The number of rotatable bonds is 5. The molecule has 1 aliphatic rings. The Balaban J connectivity index is 1.91. The van der Waals surface area contributed by atoms with Gasteiger partial charge in [-0.25, -0.2) is 8.42 Å². The van der Waals surface area contributed by atoms with Gasteiger partial charge in [-0.15, -0.1) is 0 Å². The van der Waals surface area contributed by atoms with Crippen molar-refractivity contribution in [3.05, 3.63) is 40.8 Å². The molecule has 0 amide bonds. The van der Waals surface area contributed by atoms with Crippen LogP contribution in [0, 0.1) is 0 Å². The number of H-pyrrole nitrogens is 2. The highest BCUT2D eigenvalue weighted by Crippen LogP contribution is 2.33. The molecular formula is C16H17N3O4S. The Labute approximate surface area is 138 Å². The first-order valence-electron chi connectivity index (χ1n) is 7.78. The first kappa shape index (κ1) is 15.4. The second-order valence-electron chi connectivity index (χ2n) is 6.00. The lowest BCUT2D eigenvalue weighted by Gasteiger charge is -2.21. The summed E-state index contributed by atoms with van der Waals surface area (Å²) in [7, 11) is -3.68. The van der Waals surface area contributed by atoms with Crippen molar-refractivity contribution in [1.82, 2.24) is 14.3 Å². The van der Waals surface area contributed by atoms with Crippen LogP contribution in [-0.2, 0) is 10.0 Å². The number of aliphatic hydroxyl groups is 1. The van der Waals surface area contributed by atoms with Crippen molar-refractivity contribution in [2.24, 2.45) is 0 Å². The lowest BCUT2D eigenvalue weighted by atomic mass is 10.1. The minimum atomic E-state index is -3.68. The quantitative estimate of drug-likeness (QED) is 0.644. The number of nitrogens with one attached hydrogen (secondary N) is 2. The molecule has 1 fully saturated rings. The topological polar surface area (TPSA) is 106 Å². The van der Waals surface area contributed by atoms with Crippen LogP contribution < -0.4 is 5.56 Å². The van der Waals surface area contributed by atoms with Gasteiger partial charge in [0.15, 0.2) is 0 Å². The molecule has 126 valence electrons. The maximum absolute atomic E-state index is 12.9. The summed E-state index contributed by atoms with van der Waals surface area (Å²) in [5.41, 5.74) is 0.774. The Bertz CT molecular complexity index is 1080. The highest BCUT2D eigenvalue weighted by Gasteiger charge is 2.37. The van der Waals surface area contributed by atoms with Gasteiger partial charge in [-0.05, 0) is 37.1 Å². The molecule has 7 nitrogen and oxygen atoms in total. The van der Waals surface area contributed by atoms with Gasteiger partial charge in [0, 0.05) is 35.1 Å². The van der Waals surface area contributed by atoms with E-state index >= 15 is 0 Å². The fourth-order valence-corrected chi connectivity index (χ4v) is 4.78. The van der Waals surface area contributed by atoms with E-state index in [-0.39, 0.29) is 29.6 Å². The summed E-state index contributed by atoms with van der Waals surface area (Å²) in [6, 6.07) is 6.43. The molecule has 0 radical (unpaired) electrons. The number of fused-ring (bicyclic) bond motifs is 3. The molecule has 2 aromatic heterocycles. The van der Waals surface area contributed by atoms with Crippen LogP contribution in [0.3, 0.4) is 0 Å². The molecule has 1 saturated carbocycles. The van der Waals surface area contributed by atoms with Crippen LogP contribution in [0.4, 0.5) is 0 Å². The molecule has 4 rings (SSSR count). The van der Waals surface area contributed by atoms with Gasteiger partial charge in [-0.1, -0.05) is 0 Å². The van der Waals surface area contributed by atoms with E-state index in [2.05, 4.69) is 9.97 Å². The van der Waals surface area contributed by atoms with Crippen molar-refractivity contribution in [2.75, 3.05) is 13.2 Å². The van der Waals surface area contributed by atoms with Crippen LogP contribution in [0.15, 0.2) is 40.2 Å². The Kier molecular flexibility index (Phi) is 3.48. The Hall–Kier alpha value is -2.16. The number of sulfonamides is 1. The number of pyridine rings is 1. The van der Waals surface area contributed by atoms with E-state index in [1.54, 1.807) is 24.4 Å². The Morgan fingerprint density at radius 2 is 2.00 bits per heavy atom. The third kappa shape index (κ3) is 2.34. The first-order chi connectivity index (χ1) is 11.5. The number of aliphatic hydroxyl groups excluding tert-OH is 1. The molecule has 2 heterocycles. The molecule has 1 aliphatic carbocycles. The predicted octanol–water partition coefficient (Wildman–Crippen LogP) is 1.15. The monoisotopic (exact) mass is 347 g/mol. The lowest BCUT2D eigenvalue weighted by Crippen LogP contribution is -2.35. The summed E-state index contributed by atoms with van der Waals surface area (Å²) in [5.74, 6) is 0. The van der Waals surface area contributed by atoms with E-state index in [0.717, 1.165) is 12.8 Å². The normalized spacial score (nSPS) is 15.6. The van der Waals surface area contributed by atoms with Gasteiger partial charge in [0.1, 0.15) is 5.52 Å². The highest BCUT2D eigenvalue weighted by atomic mass is 32.2. The zero-order chi connectivity index (χ0) is 16.9. The van der Waals surface area contributed by atoms with Gasteiger partial charge in [0.05, 0.1) is 11.5 Å². The van der Waals surface area contributed by atoms with E-state index in [1.807, 2.05) is 0 Å². The molecule has 8 heteroatoms. The van der Waals surface area contributed by atoms with Crippen molar-refractivity contribution in [1.29, 1.82) is 0 Å². The molecule has 0 spiro atoms. The van der Waals surface area contributed by atoms with Crippen molar-refractivity contribution in [3.8, 4) is 0 Å². The van der Waals surface area contributed by atoms with Crippen LogP contribution in [0.5, 0.6) is 0 Å². The molecule has 1 aromatic carbocycles. The Morgan fingerprint density at radius 3 is 2.71 bits per heavy atom. The maximum atomic E-state index is 12.9. The largest absolute Gasteiger partial charge is 0.395 e. The number of aromatic amines is 2. The van der Waals surface area contributed by atoms with Gasteiger partial charge in [-0.2, -0.15) is 4.31 Å². The van der Waals surface area contributed by atoms with E-state index < -0.39 is 10.0 Å². The van der Waals surface area contributed by atoms with E-state index in [9.17, 15) is 18.3 Å². The number of hydrogen-bond acceptors (Lipinski definition) is 4. The van der Waals surface area contributed by atoms with Crippen molar-refractivity contribution >= 4 is 31.8 Å². The van der Waals surface area contributed by atoms with E-state index in [4.69, 9.17) is 0 Å². The second-order valence-corrected chi connectivity index (χ2v) is 7.89. The molecule has 0 bridgehead atoms. The number of hydrogen-bond donors (Lipinski definition) is 3. The zero-order valence-corrected chi connectivity index (χ0v) is 13.6. The summed E-state index contributed by atoms with van der Waals surface area (Å²) in [4.78, 5) is 17.8. The summed E-state index contributed by atoms with van der Waals surface area (Å²) < 4.78 is 27.2. The van der Waals surface area contributed by atoms with Gasteiger partial charge in [0.25, 0.3) is 5.56 Å². The fraction of sp³-hybridized carbons (Fsp3) is 0.312. The smallest absolute Gasteiger partial charge is 0.272 e. The summed E-state index contributed by atoms with van der Waals surface area (Å²) in [5, 5.41) is 10.5. The fourth-order valence-electron chi connectivity index (χ4n) is 3.08. The maximum Gasteiger partial charge on any atom is 0.272 e. The molecule has 24 heavy (non-hydrogen) atoms. The summed E-state index contributed by atoms with van der Waals surface area (Å²) in [6.07, 6.45) is 3.30. The Morgan fingerprint density at radius 1 is 1.21 bits per heavy atom. The van der Waals surface area contributed by atoms with E-state index in [0.29, 0.717) is 21.8 Å². The van der Waals surface area contributed by atoms with Gasteiger partial charge in [-0.3, -0.25) is 4.79 Å². The molecule has 3 aromatic rings.